The fraction of sp³-hybridized carbons (Fsp3) is 0.269. The molecule has 1 heterocycles. The van der Waals surface area contributed by atoms with Crippen LogP contribution in [-0.4, -0.2) is 29.9 Å². The molecule has 2 atom stereocenters. The minimum Gasteiger partial charge on any atom is -0.488 e. The van der Waals surface area contributed by atoms with Crippen molar-refractivity contribution in [2.24, 2.45) is 0 Å². The number of esters is 1. The summed E-state index contributed by atoms with van der Waals surface area (Å²) in [6.45, 7) is 2.06. The van der Waals surface area contributed by atoms with Crippen LogP contribution in [0.1, 0.15) is 41.0 Å². The molecule has 1 saturated heterocycles. The summed E-state index contributed by atoms with van der Waals surface area (Å²) in [6.07, 6.45) is -0.954. The van der Waals surface area contributed by atoms with E-state index in [1.165, 1.54) is 0 Å². The highest BCUT2D eigenvalue weighted by molar-refractivity contribution is 6.32. The van der Waals surface area contributed by atoms with E-state index in [0.717, 1.165) is 22.3 Å². The van der Waals surface area contributed by atoms with E-state index < -0.39 is 18.2 Å². The fourth-order valence-corrected chi connectivity index (χ4v) is 4.71. The molecular weight excluding hydrogens is 483 g/mol. The average molecular weight is 506 g/mol. The Bertz CT molecular complexity index is 1080. The van der Waals surface area contributed by atoms with E-state index >= 15 is 0 Å². The first kappa shape index (κ1) is 23.9. The van der Waals surface area contributed by atoms with E-state index in [2.05, 4.69) is 0 Å². The van der Waals surface area contributed by atoms with Gasteiger partial charge < -0.3 is 14.6 Å². The van der Waals surface area contributed by atoms with Crippen molar-refractivity contribution in [3.8, 4) is 5.75 Å². The van der Waals surface area contributed by atoms with Gasteiger partial charge in [-0.15, -0.1) is 0 Å². The first-order chi connectivity index (χ1) is 15.8. The van der Waals surface area contributed by atoms with Gasteiger partial charge in [-0.3, -0.25) is 4.79 Å². The number of carbonyl (C=O) groups is 1. The van der Waals surface area contributed by atoms with E-state index in [0.29, 0.717) is 27.2 Å². The van der Waals surface area contributed by atoms with Gasteiger partial charge in [0.1, 0.15) is 18.5 Å². The molecule has 1 aliphatic heterocycles. The lowest BCUT2D eigenvalue weighted by molar-refractivity contribution is -0.162. The molecule has 0 aromatic heterocycles. The summed E-state index contributed by atoms with van der Waals surface area (Å²) in [5.41, 5.74) is 3.86. The molecule has 1 fully saturated rings. The van der Waals surface area contributed by atoms with Crippen LogP contribution in [0.15, 0.2) is 60.7 Å². The van der Waals surface area contributed by atoms with Crippen molar-refractivity contribution in [1.29, 1.82) is 0 Å². The molecule has 0 amide bonds. The molecule has 0 aliphatic carbocycles. The molecule has 4 nitrogen and oxygen atoms in total. The number of ether oxygens (including phenoxy) is 2. The molecule has 1 N–H and O–H groups in total. The molecule has 3 aromatic carbocycles. The molecule has 0 spiro atoms. The van der Waals surface area contributed by atoms with Crippen LogP contribution in [0.4, 0.5) is 0 Å². The normalized spacial score (nSPS) is 18.3. The monoisotopic (exact) mass is 504 g/mol. The number of hydrogen-bond acceptors (Lipinski definition) is 4. The summed E-state index contributed by atoms with van der Waals surface area (Å²) in [4.78, 5) is 11.7. The Morgan fingerprint density at radius 3 is 2.12 bits per heavy atom. The summed E-state index contributed by atoms with van der Waals surface area (Å²) in [5, 5.41) is 11.7. The summed E-state index contributed by atoms with van der Waals surface area (Å²) >= 11 is 18.9. The number of hydrogen-bond donors (Lipinski definition) is 1. The predicted molar refractivity (Wildman–Crippen MR) is 131 cm³/mol. The largest absolute Gasteiger partial charge is 0.488 e. The van der Waals surface area contributed by atoms with Gasteiger partial charge in [-0.1, -0.05) is 65.1 Å². The quantitative estimate of drug-likeness (QED) is 0.304. The van der Waals surface area contributed by atoms with Crippen LogP contribution in [0.5, 0.6) is 5.75 Å². The zero-order chi connectivity index (χ0) is 23.5. The van der Waals surface area contributed by atoms with Crippen molar-refractivity contribution in [2.75, 3.05) is 6.61 Å². The molecule has 33 heavy (non-hydrogen) atoms. The molecule has 0 saturated carbocycles. The molecule has 3 aromatic rings. The van der Waals surface area contributed by atoms with Gasteiger partial charge >= 0.3 is 5.97 Å². The number of rotatable bonds is 6. The van der Waals surface area contributed by atoms with E-state index in [4.69, 9.17) is 44.3 Å². The maximum Gasteiger partial charge on any atom is 0.308 e. The van der Waals surface area contributed by atoms with E-state index in [-0.39, 0.29) is 18.9 Å². The third kappa shape index (κ3) is 5.82. The van der Waals surface area contributed by atoms with E-state index in [9.17, 15) is 9.90 Å². The predicted octanol–water partition coefficient (Wildman–Crippen LogP) is 6.58. The SMILES string of the molecule is Cc1cc(Cl)c(OCC2CC(O)CC(=O)O2)c(C(c2ccc(Cl)cc2)c2ccc(Cl)cc2)c1. The van der Waals surface area contributed by atoms with Crippen molar-refractivity contribution >= 4 is 40.8 Å². The number of aliphatic hydroxyl groups excluding tert-OH is 1. The lowest BCUT2D eigenvalue weighted by atomic mass is 9.84. The second-order valence-electron chi connectivity index (χ2n) is 8.22. The van der Waals surface area contributed by atoms with E-state index in [1.54, 1.807) is 0 Å². The number of benzene rings is 3. The topological polar surface area (TPSA) is 55.8 Å². The van der Waals surface area contributed by atoms with Crippen LogP contribution in [-0.2, 0) is 9.53 Å². The van der Waals surface area contributed by atoms with Crippen LogP contribution in [0.25, 0.3) is 0 Å². The van der Waals surface area contributed by atoms with Crippen molar-refractivity contribution in [1.82, 2.24) is 0 Å². The Kier molecular flexibility index (Phi) is 7.50. The number of halogens is 3. The van der Waals surface area contributed by atoms with Crippen LogP contribution in [0.2, 0.25) is 15.1 Å². The summed E-state index contributed by atoms with van der Waals surface area (Å²) in [6, 6.07) is 19.2. The Hall–Kier alpha value is -2.24. The first-order valence-corrected chi connectivity index (χ1v) is 11.7. The highest BCUT2D eigenvalue weighted by Crippen LogP contribution is 2.42. The molecule has 172 valence electrons. The lowest BCUT2D eigenvalue weighted by Crippen LogP contribution is -2.36. The Balaban J connectivity index is 1.75. The van der Waals surface area contributed by atoms with E-state index in [1.807, 2.05) is 67.6 Å². The molecule has 4 rings (SSSR count). The smallest absolute Gasteiger partial charge is 0.308 e. The van der Waals surface area contributed by atoms with Crippen molar-refractivity contribution < 1.29 is 19.4 Å². The van der Waals surface area contributed by atoms with Crippen molar-refractivity contribution in [3.63, 3.8) is 0 Å². The molecule has 2 unspecified atom stereocenters. The number of cyclic esters (lactones) is 1. The minimum atomic E-state index is -0.733. The zero-order valence-corrected chi connectivity index (χ0v) is 20.2. The Labute approximate surface area is 208 Å². The third-order valence-electron chi connectivity index (χ3n) is 5.58. The highest BCUT2D eigenvalue weighted by Gasteiger charge is 2.29. The van der Waals surface area contributed by atoms with Crippen molar-refractivity contribution in [3.05, 3.63) is 98.0 Å². The second-order valence-corrected chi connectivity index (χ2v) is 9.50. The van der Waals surface area contributed by atoms with Crippen molar-refractivity contribution in [2.45, 2.75) is 37.9 Å². The summed E-state index contributed by atoms with van der Waals surface area (Å²) in [7, 11) is 0. The number of aliphatic hydroxyl groups is 1. The maximum absolute atomic E-state index is 11.7. The van der Waals surface area contributed by atoms with Crippen LogP contribution < -0.4 is 4.74 Å². The van der Waals surface area contributed by atoms with Gasteiger partial charge in [0.25, 0.3) is 0 Å². The van der Waals surface area contributed by atoms with Crippen LogP contribution in [0, 0.1) is 6.92 Å². The number of aryl methyl sites for hydroxylation is 1. The molecule has 0 bridgehead atoms. The minimum absolute atomic E-state index is 0.00223. The fourth-order valence-electron chi connectivity index (χ4n) is 4.12. The maximum atomic E-state index is 11.7. The van der Waals surface area contributed by atoms with Gasteiger partial charge in [0.15, 0.2) is 0 Å². The molecule has 7 heteroatoms. The van der Waals surface area contributed by atoms with Crippen LogP contribution in [0.3, 0.4) is 0 Å². The number of carbonyl (C=O) groups excluding carboxylic acids is 1. The lowest BCUT2D eigenvalue weighted by Gasteiger charge is -2.28. The van der Waals surface area contributed by atoms with Gasteiger partial charge in [-0.25, -0.2) is 0 Å². The Morgan fingerprint density at radius 1 is 1.00 bits per heavy atom. The molecular formula is C26H23Cl3O4. The van der Waals surface area contributed by atoms with Gasteiger partial charge in [0, 0.05) is 27.9 Å². The van der Waals surface area contributed by atoms with Gasteiger partial charge in [-0.2, -0.15) is 0 Å². The zero-order valence-electron chi connectivity index (χ0n) is 17.9. The first-order valence-electron chi connectivity index (χ1n) is 10.6. The van der Waals surface area contributed by atoms with Crippen LogP contribution >= 0.6 is 34.8 Å². The van der Waals surface area contributed by atoms with Gasteiger partial charge in [-0.05, 0) is 53.9 Å². The molecule has 1 aliphatic rings. The highest BCUT2D eigenvalue weighted by atomic mass is 35.5. The summed E-state index contributed by atoms with van der Waals surface area (Å²) in [5.74, 6) is -0.127. The molecule has 0 radical (unpaired) electrons. The second kappa shape index (κ2) is 10.4. The van der Waals surface area contributed by atoms with Gasteiger partial charge in [0.05, 0.1) is 17.5 Å². The standard InChI is InChI=1S/C26H23Cl3O4/c1-15-10-22(26(23(29)11-15)32-14-21-12-20(30)13-24(31)33-21)25(16-2-6-18(27)7-3-16)17-4-8-19(28)9-5-17/h2-11,20-21,25,30H,12-14H2,1H3. The summed E-state index contributed by atoms with van der Waals surface area (Å²) < 4.78 is 11.5. The average Bonchev–Trinajstić information content (AvgIpc) is 2.75. The third-order valence-corrected chi connectivity index (χ3v) is 6.37. The Morgan fingerprint density at radius 2 is 1.58 bits per heavy atom. The van der Waals surface area contributed by atoms with Gasteiger partial charge in [0.2, 0.25) is 0 Å².